The minimum Gasteiger partial charge on any atom is -0.111 e. The van der Waals surface area contributed by atoms with Crippen molar-refractivity contribution in [2.45, 2.75) is 5.38 Å². The number of benzene rings is 1. The summed E-state index contributed by atoms with van der Waals surface area (Å²) in [5.74, 6) is 0. The van der Waals surface area contributed by atoms with Crippen LogP contribution in [0.5, 0.6) is 0 Å². The molecule has 0 fully saturated rings. The Hall–Kier alpha value is 0.990. The molecule has 0 spiro atoms. The van der Waals surface area contributed by atoms with Gasteiger partial charge in [-0.1, -0.05) is 69.6 Å². The van der Waals surface area contributed by atoms with E-state index in [1.54, 1.807) is 0 Å². The molecule has 0 aromatic heterocycles. The molecule has 2 rings (SSSR count). The molecule has 0 saturated heterocycles. The molecular formula is C9HCl7. The minimum atomic E-state index is -0.649. The molecule has 0 saturated carbocycles. The lowest BCUT2D eigenvalue weighted by Crippen LogP contribution is -1.92. The third kappa shape index (κ3) is 1.75. The van der Waals surface area contributed by atoms with Crippen LogP contribution in [0.2, 0.25) is 20.1 Å². The number of allylic oxidation sites excluding steroid dienone is 1. The molecule has 1 unspecified atom stereocenters. The molecule has 0 nitrogen and oxygen atoms in total. The van der Waals surface area contributed by atoms with Crippen LogP contribution in [0.4, 0.5) is 0 Å². The van der Waals surface area contributed by atoms with Gasteiger partial charge in [0.1, 0.15) is 0 Å². The smallest absolute Gasteiger partial charge is 0.0978 e. The van der Waals surface area contributed by atoms with Crippen molar-refractivity contribution in [1.82, 2.24) is 0 Å². The fourth-order valence-electron chi connectivity index (χ4n) is 1.46. The Morgan fingerprint density at radius 1 is 0.688 bits per heavy atom. The summed E-state index contributed by atoms with van der Waals surface area (Å²) in [6.07, 6.45) is 0. The number of hydrogen-bond donors (Lipinski definition) is 0. The Labute approximate surface area is 127 Å². The van der Waals surface area contributed by atoms with Gasteiger partial charge in [-0.05, 0) is 0 Å². The van der Waals surface area contributed by atoms with Crippen molar-refractivity contribution < 1.29 is 0 Å². The molecule has 0 heterocycles. The molecule has 1 aromatic carbocycles. The van der Waals surface area contributed by atoms with Crippen molar-refractivity contribution >= 4 is 86.2 Å². The monoisotopic (exact) mass is 354 g/mol. The van der Waals surface area contributed by atoms with E-state index >= 15 is 0 Å². The predicted octanol–water partition coefficient (Wildman–Crippen LogP) is 6.74. The minimum absolute atomic E-state index is 0.139. The topological polar surface area (TPSA) is 0 Å². The van der Waals surface area contributed by atoms with Crippen molar-refractivity contribution in [3.05, 3.63) is 36.2 Å². The maximum atomic E-state index is 6.07. The van der Waals surface area contributed by atoms with E-state index in [0.717, 1.165) is 0 Å². The third-order valence-electron chi connectivity index (χ3n) is 2.21. The number of hydrogen-bond acceptors (Lipinski definition) is 0. The van der Waals surface area contributed by atoms with Crippen molar-refractivity contribution in [2.24, 2.45) is 0 Å². The van der Waals surface area contributed by atoms with Gasteiger partial charge in [0.15, 0.2) is 0 Å². The van der Waals surface area contributed by atoms with Gasteiger partial charge in [0.2, 0.25) is 0 Å². The maximum absolute atomic E-state index is 6.07. The second kappa shape index (κ2) is 4.59. The summed E-state index contributed by atoms with van der Waals surface area (Å²) in [6.45, 7) is 0. The maximum Gasteiger partial charge on any atom is 0.0978 e. The second-order valence-electron chi connectivity index (χ2n) is 3.07. The van der Waals surface area contributed by atoms with E-state index in [1.165, 1.54) is 0 Å². The molecule has 1 aromatic rings. The largest absolute Gasteiger partial charge is 0.111 e. The Bertz CT molecular complexity index is 517. The zero-order valence-corrected chi connectivity index (χ0v) is 12.5. The van der Waals surface area contributed by atoms with Crippen LogP contribution < -0.4 is 0 Å². The summed E-state index contributed by atoms with van der Waals surface area (Å²) in [7, 11) is 0. The molecule has 0 bridgehead atoms. The first kappa shape index (κ1) is 13.4. The van der Waals surface area contributed by atoms with Gasteiger partial charge in [0.25, 0.3) is 0 Å². The highest BCUT2D eigenvalue weighted by atomic mass is 35.5. The molecule has 0 N–H and O–H groups in total. The summed E-state index contributed by atoms with van der Waals surface area (Å²) in [4.78, 5) is 0. The molecule has 0 radical (unpaired) electrons. The van der Waals surface area contributed by atoms with E-state index in [-0.39, 0.29) is 30.2 Å². The molecule has 1 aliphatic carbocycles. The van der Waals surface area contributed by atoms with E-state index in [0.29, 0.717) is 11.1 Å². The van der Waals surface area contributed by atoms with E-state index in [1.807, 2.05) is 0 Å². The van der Waals surface area contributed by atoms with Crippen molar-refractivity contribution in [2.75, 3.05) is 0 Å². The lowest BCUT2D eigenvalue weighted by Gasteiger charge is -2.12. The fraction of sp³-hybridized carbons (Fsp3) is 0.111. The van der Waals surface area contributed by atoms with Gasteiger partial charge in [-0.2, -0.15) is 0 Å². The molecule has 7 heteroatoms. The average Bonchev–Trinajstić information content (AvgIpc) is 2.48. The van der Waals surface area contributed by atoms with E-state index in [9.17, 15) is 0 Å². The molecule has 1 atom stereocenters. The third-order valence-corrected chi connectivity index (χ3v) is 5.47. The first-order valence-corrected chi connectivity index (χ1v) is 6.63. The first-order chi connectivity index (χ1) is 7.37. The zero-order chi connectivity index (χ0) is 12.2. The van der Waals surface area contributed by atoms with Gasteiger partial charge in [-0.3, -0.25) is 0 Å². The van der Waals surface area contributed by atoms with E-state index < -0.39 is 5.38 Å². The zero-order valence-electron chi connectivity index (χ0n) is 7.22. The van der Waals surface area contributed by atoms with Crippen LogP contribution in [0.1, 0.15) is 16.5 Å². The number of halogens is 7. The van der Waals surface area contributed by atoms with Crippen molar-refractivity contribution in [1.29, 1.82) is 0 Å². The number of fused-ring (bicyclic) bond motifs is 1. The van der Waals surface area contributed by atoms with Crippen LogP contribution >= 0.6 is 81.2 Å². The predicted molar refractivity (Wildman–Crippen MR) is 73.7 cm³/mol. The molecule has 16 heavy (non-hydrogen) atoms. The number of rotatable bonds is 0. The summed E-state index contributed by atoms with van der Waals surface area (Å²) in [5.41, 5.74) is 0.950. The Morgan fingerprint density at radius 3 is 1.75 bits per heavy atom. The lowest BCUT2D eigenvalue weighted by atomic mass is 10.1. The fourth-order valence-corrected chi connectivity index (χ4v) is 3.53. The summed E-state index contributed by atoms with van der Waals surface area (Å²) >= 11 is 41.9. The highest BCUT2D eigenvalue weighted by Gasteiger charge is 2.35. The van der Waals surface area contributed by atoms with Crippen LogP contribution in [-0.4, -0.2) is 0 Å². The molecule has 0 aliphatic heterocycles. The Balaban J connectivity index is 2.89. The van der Waals surface area contributed by atoms with Crippen LogP contribution in [0.3, 0.4) is 0 Å². The highest BCUT2D eigenvalue weighted by molar-refractivity contribution is 6.61. The summed E-state index contributed by atoms with van der Waals surface area (Å²) < 4.78 is 0. The second-order valence-corrected chi connectivity index (χ2v) is 5.80. The molecule has 1 aliphatic rings. The van der Waals surface area contributed by atoms with Crippen LogP contribution in [0, 0.1) is 0 Å². The van der Waals surface area contributed by atoms with Gasteiger partial charge in [0, 0.05) is 11.1 Å². The van der Waals surface area contributed by atoms with Gasteiger partial charge in [-0.15, -0.1) is 11.6 Å². The van der Waals surface area contributed by atoms with Crippen LogP contribution in [0.25, 0.3) is 5.03 Å². The Morgan fingerprint density at radius 2 is 1.19 bits per heavy atom. The summed E-state index contributed by atoms with van der Waals surface area (Å²) in [6, 6.07) is 0. The van der Waals surface area contributed by atoms with Crippen molar-refractivity contribution in [3.8, 4) is 0 Å². The van der Waals surface area contributed by atoms with Gasteiger partial charge < -0.3 is 0 Å². The molecule has 86 valence electrons. The molecular weight excluding hydrogens is 356 g/mol. The highest BCUT2D eigenvalue weighted by Crippen LogP contribution is 2.56. The normalized spacial score (nSPS) is 19.3. The number of alkyl halides is 1. The Kier molecular flexibility index (Phi) is 3.85. The van der Waals surface area contributed by atoms with Crippen LogP contribution in [0.15, 0.2) is 5.03 Å². The standard InChI is InChI=1S/C9HCl7/c10-3-1-2(4(11)7(3)14)6(13)9(16)8(15)5(1)12/h3H. The van der Waals surface area contributed by atoms with Gasteiger partial charge in [-0.25, -0.2) is 0 Å². The first-order valence-electron chi connectivity index (χ1n) is 3.93. The van der Waals surface area contributed by atoms with E-state index in [2.05, 4.69) is 0 Å². The SMILES string of the molecule is ClC1=C(Cl)C(Cl)c2c(Cl)c(Cl)c(Cl)c(Cl)c21. The van der Waals surface area contributed by atoms with Crippen molar-refractivity contribution in [3.63, 3.8) is 0 Å². The summed E-state index contributed by atoms with van der Waals surface area (Å²) in [5, 5.41) is 0.581. The molecule has 0 amide bonds. The average molecular weight is 357 g/mol. The van der Waals surface area contributed by atoms with Gasteiger partial charge >= 0.3 is 0 Å². The van der Waals surface area contributed by atoms with Gasteiger partial charge in [0.05, 0.1) is 35.5 Å². The van der Waals surface area contributed by atoms with Crippen LogP contribution in [-0.2, 0) is 0 Å². The van der Waals surface area contributed by atoms with E-state index in [4.69, 9.17) is 81.2 Å². The quantitative estimate of drug-likeness (QED) is 0.274. The lowest BCUT2D eigenvalue weighted by molar-refractivity contribution is 1.23.